The molecule has 0 aliphatic rings. The van der Waals surface area contributed by atoms with Gasteiger partial charge in [-0.3, -0.25) is 9.98 Å². The third-order valence-electron chi connectivity index (χ3n) is 1.41. The lowest BCUT2D eigenvalue weighted by Gasteiger charge is -1.94. The SMILES string of the molecule is C/C=N\CCc1ccccn1. The number of nitrogens with zero attached hydrogens (tertiary/aromatic N) is 2. The maximum Gasteiger partial charge on any atom is 0.0440 e. The first-order chi connectivity index (χ1) is 5.43. The topological polar surface area (TPSA) is 25.2 Å². The summed E-state index contributed by atoms with van der Waals surface area (Å²) in [5.74, 6) is 0. The molecule has 1 rings (SSSR count). The van der Waals surface area contributed by atoms with E-state index in [2.05, 4.69) is 9.98 Å². The maximum absolute atomic E-state index is 4.18. The first kappa shape index (κ1) is 7.92. The molecule has 58 valence electrons. The number of rotatable bonds is 3. The molecule has 0 saturated heterocycles. The molecule has 0 amide bonds. The van der Waals surface area contributed by atoms with Crippen LogP contribution in [0.25, 0.3) is 0 Å². The predicted octanol–water partition coefficient (Wildman–Crippen LogP) is 1.71. The second-order valence-corrected chi connectivity index (χ2v) is 2.24. The van der Waals surface area contributed by atoms with Crippen molar-refractivity contribution in [1.29, 1.82) is 0 Å². The van der Waals surface area contributed by atoms with Crippen molar-refractivity contribution < 1.29 is 0 Å². The first-order valence-electron chi connectivity index (χ1n) is 3.78. The standard InChI is InChI=1S/C9H12N2/c1-2-10-8-6-9-5-3-4-7-11-9/h2-5,7H,6,8H2,1H3/b10-2-. The van der Waals surface area contributed by atoms with Gasteiger partial charge in [0.05, 0.1) is 0 Å². The summed E-state index contributed by atoms with van der Waals surface area (Å²) in [4.78, 5) is 8.28. The van der Waals surface area contributed by atoms with E-state index in [1.807, 2.05) is 37.5 Å². The summed E-state index contributed by atoms with van der Waals surface area (Å²) in [7, 11) is 0. The lowest BCUT2D eigenvalue weighted by atomic mass is 10.3. The normalized spacial score (nSPS) is 10.6. The van der Waals surface area contributed by atoms with Crippen molar-refractivity contribution in [3.63, 3.8) is 0 Å². The molecule has 0 saturated carbocycles. The van der Waals surface area contributed by atoms with Crippen molar-refractivity contribution in [3.8, 4) is 0 Å². The molecule has 2 nitrogen and oxygen atoms in total. The molecule has 0 aliphatic heterocycles. The fourth-order valence-electron chi connectivity index (χ4n) is 0.854. The van der Waals surface area contributed by atoms with Crippen LogP contribution in [0.4, 0.5) is 0 Å². The van der Waals surface area contributed by atoms with Crippen LogP contribution < -0.4 is 0 Å². The van der Waals surface area contributed by atoms with Gasteiger partial charge in [-0.1, -0.05) is 6.07 Å². The molecule has 0 bridgehead atoms. The Hall–Kier alpha value is -1.18. The number of pyridine rings is 1. The number of aliphatic imine (C=N–C) groups is 1. The molecule has 0 fully saturated rings. The Morgan fingerprint density at radius 1 is 1.55 bits per heavy atom. The molecule has 0 unspecified atom stereocenters. The number of aromatic nitrogens is 1. The van der Waals surface area contributed by atoms with Gasteiger partial charge < -0.3 is 0 Å². The van der Waals surface area contributed by atoms with Gasteiger partial charge in [0.25, 0.3) is 0 Å². The molecule has 0 radical (unpaired) electrons. The average molecular weight is 148 g/mol. The smallest absolute Gasteiger partial charge is 0.0440 e. The van der Waals surface area contributed by atoms with E-state index in [-0.39, 0.29) is 0 Å². The Morgan fingerprint density at radius 2 is 2.45 bits per heavy atom. The highest BCUT2D eigenvalue weighted by atomic mass is 14.7. The minimum atomic E-state index is 0.841. The van der Waals surface area contributed by atoms with Gasteiger partial charge in [-0.25, -0.2) is 0 Å². The summed E-state index contributed by atoms with van der Waals surface area (Å²) in [6, 6.07) is 5.94. The molecule has 0 aromatic carbocycles. The van der Waals surface area contributed by atoms with E-state index in [4.69, 9.17) is 0 Å². The van der Waals surface area contributed by atoms with Gasteiger partial charge in [-0.2, -0.15) is 0 Å². The molecule has 1 heterocycles. The van der Waals surface area contributed by atoms with E-state index in [0.717, 1.165) is 18.7 Å². The van der Waals surface area contributed by atoms with Gasteiger partial charge in [-0.05, 0) is 25.3 Å². The zero-order valence-corrected chi connectivity index (χ0v) is 6.70. The van der Waals surface area contributed by atoms with Crippen molar-refractivity contribution in [2.45, 2.75) is 13.3 Å². The summed E-state index contributed by atoms with van der Waals surface area (Å²) in [6.07, 6.45) is 4.57. The van der Waals surface area contributed by atoms with Gasteiger partial charge in [0, 0.05) is 24.9 Å². The van der Waals surface area contributed by atoms with Crippen molar-refractivity contribution in [1.82, 2.24) is 4.98 Å². The average Bonchev–Trinajstić information content (AvgIpc) is 2.07. The van der Waals surface area contributed by atoms with Gasteiger partial charge >= 0.3 is 0 Å². The summed E-state index contributed by atoms with van der Waals surface area (Å²) in [5.41, 5.74) is 1.11. The fraction of sp³-hybridized carbons (Fsp3) is 0.333. The Labute approximate surface area is 67.0 Å². The largest absolute Gasteiger partial charge is 0.297 e. The third-order valence-corrected chi connectivity index (χ3v) is 1.41. The Balaban J connectivity index is 2.39. The lowest BCUT2D eigenvalue weighted by Crippen LogP contribution is -1.91. The minimum absolute atomic E-state index is 0.841. The highest BCUT2D eigenvalue weighted by Gasteiger charge is 1.88. The molecule has 11 heavy (non-hydrogen) atoms. The fourth-order valence-corrected chi connectivity index (χ4v) is 0.854. The first-order valence-corrected chi connectivity index (χ1v) is 3.78. The van der Waals surface area contributed by atoms with E-state index in [0.29, 0.717) is 0 Å². The van der Waals surface area contributed by atoms with Crippen LogP contribution in [0.1, 0.15) is 12.6 Å². The van der Waals surface area contributed by atoms with Crippen LogP contribution >= 0.6 is 0 Å². The van der Waals surface area contributed by atoms with Gasteiger partial charge in [0.1, 0.15) is 0 Å². The lowest BCUT2D eigenvalue weighted by molar-refractivity contribution is 0.926. The molecular weight excluding hydrogens is 136 g/mol. The monoisotopic (exact) mass is 148 g/mol. The van der Waals surface area contributed by atoms with Crippen LogP contribution in [-0.2, 0) is 6.42 Å². The summed E-state index contributed by atoms with van der Waals surface area (Å²) in [5, 5.41) is 0. The third kappa shape index (κ3) is 2.94. The minimum Gasteiger partial charge on any atom is -0.297 e. The van der Waals surface area contributed by atoms with Crippen molar-refractivity contribution in [3.05, 3.63) is 30.1 Å². The number of hydrogen-bond donors (Lipinski definition) is 0. The van der Waals surface area contributed by atoms with Crippen LogP contribution in [0, 0.1) is 0 Å². The molecule has 0 aliphatic carbocycles. The van der Waals surface area contributed by atoms with E-state index in [1.165, 1.54) is 0 Å². The molecule has 1 aromatic heterocycles. The van der Waals surface area contributed by atoms with Crippen molar-refractivity contribution in [2.24, 2.45) is 4.99 Å². The summed E-state index contributed by atoms with van der Waals surface area (Å²) < 4.78 is 0. The predicted molar refractivity (Wildman–Crippen MR) is 47.0 cm³/mol. The molecule has 0 N–H and O–H groups in total. The Kier molecular flexibility index (Phi) is 3.32. The van der Waals surface area contributed by atoms with Crippen molar-refractivity contribution >= 4 is 6.21 Å². The van der Waals surface area contributed by atoms with Crippen molar-refractivity contribution in [2.75, 3.05) is 6.54 Å². The molecule has 0 atom stereocenters. The zero-order chi connectivity index (χ0) is 7.94. The molecule has 2 heteroatoms. The van der Waals surface area contributed by atoms with E-state index in [9.17, 15) is 0 Å². The van der Waals surface area contributed by atoms with Crippen LogP contribution in [0.5, 0.6) is 0 Å². The van der Waals surface area contributed by atoms with Gasteiger partial charge in [0.2, 0.25) is 0 Å². The van der Waals surface area contributed by atoms with E-state index >= 15 is 0 Å². The zero-order valence-electron chi connectivity index (χ0n) is 6.70. The van der Waals surface area contributed by atoms with Crippen LogP contribution in [0.2, 0.25) is 0 Å². The molecule has 1 aromatic rings. The van der Waals surface area contributed by atoms with E-state index < -0.39 is 0 Å². The van der Waals surface area contributed by atoms with Crippen LogP contribution in [0.15, 0.2) is 29.4 Å². The second kappa shape index (κ2) is 4.61. The maximum atomic E-state index is 4.18. The Morgan fingerprint density at radius 3 is 3.09 bits per heavy atom. The summed E-state index contributed by atoms with van der Waals surface area (Å²) >= 11 is 0. The van der Waals surface area contributed by atoms with Gasteiger partial charge in [0.15, 0.2) is 0 Å². The highest BCUT2D eigenvalue weighted by molar-refractivity contribution is 5.53. The highest BCUT2D eigenvalue weighted by Crippen LogP contribution is 1.93. The second-order valence-electron chi connectivity index (χ2n) is 2.24. The van der Waals surface area contributed by atoms with Crippen LogP contribution in [0.3, 0.4) is 0 Å². The summed E-state index contributed by atoms with van der Waals surface area (Å²) in [6.45, 7) is 2.77. The van der Waals surface area contributed by atoms with E-state index in [1.54, 1.807) is 0 Å². The van der Waals surface area contributed by atoms with Crippen LogP contribution in [-0.4, -0.2) is 17.7 Å². The molecular formula is C9H12N2. The Bertz CT molecular complexity index is 216. The quantitative estimate of drug-likeness (QED) is 0.599. The number of hydrogen-bond acceptors (Lipinski definition) is 2. The van der Waals surface area contributed by atoms with Gasteiger partial charge in [-0.15, -0.1) is 0 Å². The molecule has 0 spiro atoms.